The summed E-state index contributed by atoms with van der Waals surface area (Å²) in [5.41, 5.74) is 6.60. The molecule has 1 fully saturated rings. The summed E-state index contributed by atoms with van der Waals surface area (Å²) in [5, 5.41) is 22.1. The number of nitrogens with two attached hydrogens (primary N) is 1. The fourth-order valence-electron chi connectivity index (χ4n) is 2.98. The van der Waals surface area contributed by atoms with Crippen molar-refractivity contribution in [3.05, 3.63) is 42.0 Å². The van der Waals surface area contributed by atoms with Gasteiger partial charge >= 0.3 is 6.09 Å². The van der Waals surface area contributed by atoms with Crippen molar-refractivity contribution >= 4 is 30.2 Å². The number of benzene rings is 1. The SMILES string of the molecule is N=C(N)NC(=O)OCc1cccc(-c2cnc(N3CC(=NOCC(CO)COC=O)C3)nc2)c1F. The molecule has 3 rings (SSSR count). The van der Waals surface area contributed by atoms with Gasteiger partial charge in [0.2, 0.25) is 5.95 Å². The molecule has 1 saturated heterocycles. The second-order valence-corrected chi connectivity index (χ2v) is 7.45. The molecule has 1 amide bonds. The molecule has 186 valence electrons. The predicted molar refractivity (Wildman–Crippen MR) is 121 cm³/mol. The highest BCUT2D eigenvalue weighted by Crippen LogP contribution is 2.26. The molecule has 0 aliphatic carbocycles. The van der Waals surface area contributed by atoms with Crippen LogP contribution < -0.4 is 16.0 Å². The number of carbonyl (C=O) groups is 2. The minimum atomic E-state index is -0.960. The molecule has 5 N–H and O–H groups in total. The number of rotatable bonds is 11. The normalized spacial score (nSPS) is 13.3. The lowest BCUT2D eigenvalue weighted by Gasteiger charge is -2.32. The van der Waals surface area contributed by atoms with Gasteiger partial charge < -0.3 is 30.1 Å². The molecule has 1 aromatic carbocycles. The Balaban J connectivity index is 1.54. The van der Waals surface area contributed by atoms with E-state index in [1.807, 2.05) is 10.2 Å². The number of alkyl carbamates (subject to hydrolysis) is 1. The first-order valence-electron chi connectivity index (χ1n) is 10.4. The Bertz CT molecular complexity index is 1070. The summed E-state index contributed by atoms with van der Waals surface area (Å²) in [6.45, 7) is 0.797. The van der Waals surface area contributed by atoms with Crippen molar-refractivity contribution in [1.82, 2.24) is 15.3 Å². The summed E-state index contributed by atoms with van der Waals surface area (Å²) < 4.78 is 24.4. The molecule has 14 heteroatoms. The molecule has 13 nitrogen and oxygen atoms in total. The number of guanidine groups is 1. The summed E-state index contributed by atoms with van der Waals surface area (Å²) in [6, 6.07) is 4.63. The lowest BCUT2D eigenvalue weighted by atomic mass is 10.1. The molecule has 2 heterocycles. The van der Waals surface area contributed by atoms with E-state index in [2.05, 4.69) is 19.9 Å². The van der Waals surface area contributed by atoms with Gasteiger partial charge in [-0.25, -0.2) is 19.2 Å². The van der Waals surface area contributed by atoms with Gasteiger partial charge in [-0.2, -0.15) is 0 Å². The smallest absolute Gasteiger partial charge is 0.414 e. The number of nitrogens with one attached hydrogen (secondary N) is 2. The van der Waals surface area contributed by atoms with Gasteiger partial charge in [-0.15, -0.1) is 0 Å². The lowest BCUT2D eigenvalue weighted by Crippen LogP contribution is -2.48. The maximum absolute atomic E-state index is 14.9. The van der Waals surface area contributed by atoms with Crippen LogP contribution in [-0.4, -0.2) is 72.2 Å². The quantitative estimate of drug-likeness (QED) is 0.149. The fraction of sp³-hybridized carbons (Fsp3) is 0.333. The van der Waals surface area contributed by atoms with Gasteiger partial charge in [-0.1, -0.05) is 23.4 Å². The number of nitrogens with zero attached hydrogens (tertiary/aromatic N) is 4. The van der Waals surface area contributed by atoms with Gasteiger partial charge in [0, 0.05) is 29.1 Å². The van der Waals surface area contributed by atoms with Gasteiger partial charge in [0.15, 0.2) is 5.96 Å². The highest BCUT2D eigenvalue weighted by molar-refractivity contribution is 5.98. The Hall–Kier alpha value is -4.33. The third-order valence-corrected chi connectivity index (χ3v) is 4.82. The Labute approximate surface area is 199 Å². The van der Waals surface area contributed by atoms with Crippen LogP contribution in [0.4, 0.5) is 15.1 Å². The third kappa shape index (κ3) is 7.07. The zero-order valence-electron chi connectivity index (χ0n) is 18.5. The number of aromatic nitrogens is 2. The summed E-state index contributed by atoms with van der Waals surface area (Å²) in [4.78, 5) is 37.2. The molecule has 1 aliphatic rings. The van der Waals surface area contributed by atoms with Crippen LogP contribution in [0, 0.1) is 17.1 Å². The Kier molecular flexibility index (Phi) is 8.83. The number of aliphatic hydroxyl groups excluding tert-OH is 1. The molecule has 1 aliphatic heterocycles. The summed E-state index contributed by atoms with van der Waals surface area (Å²) in [5.74, 6) is -1.10. The van der Waals surface area contributed by atoms with E-state index in [4.69, 9.17) is 20.7 Å². The molecular formula is C21H24FN7O6. The van der Waals surface area contributed by atoms with E-state index in [0.29, 0.717) is 31.1 Å². The van der Waals surface area contributed by atoms with Crippen LogP contribution in [0.1, 0.15) is 5.56 Å². The monoisotopic (exact) mass is 489 g/mol. The molecule has 0 radical (unpaired) electrons. The number of aliphatic hydroxyl groups is 1. The van der Waals surface area contributed by atoms with Crippen LogP contribution in [-0.2, 0) is 25.7 Å². The number of amides is 1. The van der Waals surface area contributed by atoms with Gasteiger partial charge in [0.25, 0.3) is 6.47 Å². The molecule has 0 bridgehead atoms. The van der Waals surface area contributed by atoms with Crippen molar-refractivity contribution in [1.29, 1.82) is 5.41 Å². The molecule has 1 atom stereocenters. The van der Waals surface area contributed by atoms with Crippen molar-refractivity contribution in [3.8, 4) is 11.1 Å². The average Bonchev–Trinajstić information content (AvgIpc) is 2.81. The van der Waals surface area contributed by atoms with Crippen molar-refractivity contribution in [2.75, 3.05) is 37.8 Å². The molecule has 2 aromatic rings. The first kappa shape index (κ1) is 25.3. The maximum atomic E-state index is 14.9. The number of oxime groups is 1. The molecule has 1 aromatic heterocycles. The Morgan fingerprint density at radius 3 is 2.74 bits per heavy atom. The third-order valence-electron chi connectivity index (χ3n) is 4.82. The van der Waals surface area contributed by atoms with E-state index in [9.17, 15) is 19.1 Å². The van der Waals surface area contributed by atoms with Crippen LogP contribution in [0.3, 0.4) is 0 Å². The highest BCUT2D eigenvalue weighted by Gasteiger charge is 2.25. The number of ether oxygens (including phenoxy) is 2. The zero-order chi connectivity index (χ0) is 25.2. The number of anilines is 1. The lowest BCUT2D eigenvalue weighted by molar-refractivity contribution is -0.131. The van der Waals surface area contributed by atoms with Crippen molar-refractivity contribution in [3.63, 3.8) is 0 Å². The Morgan fingerprint density at radius 2 is 2.09 bits per heavy atom. The van der Waals surface area contributed by atoms with E-state index in [0.717, 1.165) is 5.71 Å². The molecule has 0 saturated carbocycles. The standard InChI is InChI=1S/C21H24FN7O6/c22-18-14(11-34-21(32)27-19(23)24)2-1-3-17(18)15-4-25-20(26-5-15)29-6-16(7-29)28-35-10-13(8-30)9-33-12-31/h1-5,12-13,30H,6-11H2,(H4,23,24,27,32). The largest absolute Gasteiger partial charge is 0.467 e. The molecule has 35 heavy (non-hydrogen) atoms. The minimum absolute atomic E-state index is 0.0445. The Morgan fingerprint density at radius 1 is 1.34 bits per heavy atom. The molecular weight excluding hydrogens is 465 g/mol. The summed E-state index contributed by atoms with van der Waals surface area (Å²) in [7, 11) is 0. The van der Waals surface area contributed by atoms with E-state index < -0.39 is 17.9 Å². The van der Waals surface area contributed by atoms with Gasteiger partial charge in [0.05, 0.1) is 37.9 Å². The number of halogens is 1. The fourth-order valence-corrected chi connectivity index (χ4v) is 2.98. The molecule has 0 spiro atoms. The van der Waals surface area contributed by atoms with Crippen molar-refractivity contribution < 1.29 is 33.4 Å². The van der Waals surface area contributed by atoms with Crippen LogP contribution >= 0.6 is 0 Å². The average molecular weight is 489 g/mol. The number of hydrogen-bond donors (Lipinski definition) is 4. The second kappa shape index (κ2) is 12.2. The number of hydrogen-bond acceptors (Lipinski definition) is 11. The van der Waals surface area contributed by atoms with E-state index in [1.165, 1.54) is 18.5 Å². The van der Waals surface area contributed by atoms with Crippen molar-refractivity contribution in [2.45, 2.75) is 6.61 Å². The van der Waals surface area contributed by atoms with Gasteiger partial charge in [0.1, 0.15) is 19.0 Å². The second-order valence-electron chi connectivity index (χ2n) is 7.45. The van der Waals surface area contributed by atoms with E-state index in [1.54, 1.807) is 12.1 Å². The molecule has 1 unspecified atom stereocenters. The summed E-state index contributed by atoms with van der Waals surface area (Å²) >= 11 is 0. The van der Waals surface area contributed by atoms with Crippen LogP contribution in [0.5, 0.6) is 0 Å². The number of carbonyl (C=O) groups excluding carboxylic acids is 2. The minimum Gasteiger partial charge on any atom is -0.467 e. The van der Waals surface area contributed by atoms with E-state index >= 15 is 0 Å². The van der Waals surface area contributed by atoms with Crippen molar-refractivity contribution in [2.24, 2.45) is 16.8 Å². The van der Waals surface area contributed by atoms with Gasteiger partial charge in [-0.05, 0) is 0 Å². The van der Waals surface area contributed by atoms with Gasteiger partial charge in [-0.3, -0.25) is 15.5 Å². The van der Waals surface area contributed by atoms with Crippen LogP contribution in [0.15, 0.2) is 35.7 Å². The predicted octanol–water partition coefficient (Wildman–Crippen LogP) is 0.376. The van der Waals surface area contributed by atoms with Crippen LogP contribution in [0.25, 0.3) is 11.1 Å². The first-order valence-corrected chi connectivity index (χ1v) is 10.4. The summed E-state index contributed by atoms with van der Waals surface area (Å²) in [6.07, 6.45) is 2.01. The highest BCUT2D eigenvalue weighted by atomic mass is 19.1. The first-order chi connectivity index (χ1) is 16.9. The topological polar surface area (TPSA) is 185 Å². The van der Waals surface area contributed by atoms with E-state index in [-0.39, 0.29) is 43.5 Å². The zero-order valence-corrected chi connectivity index (χ0v) is 18.5. The maximum Gasteiger partial charge on any atom is 0.414 e. The van der Waals surface area contributed by atoms with Crippen LogP contribution in [0.2, 0.25) is 0 Å².